The molecule has 3 nitrogen and oxygen atoms in total. The van der Waals surface area contributed by atoms with Crippen LogP contribution in [0.5, 0.6) is 0 Å². The first-order valence-electron chi connectivity index (χ1n) is 5.26. The molecule has 1 saturated carbocycles. The van der Waals surface area contributed by atoms with Crippen LogP contribution in [-0.2, 0) is 4.79 Å². The number of hydrogen-bond acceptors (Lipinski definition) is 2. The molecule has 2 aliphatic rings. The summed E-state index contributed by atoms with van der Waals surface area (Å²) in [4.78, 5) is 13.7. The third-order valence-electron chi connectivity index (χ3n) is 3.09. The highest BCUT2D eigenvalue weighted by Gasteiger charge is 2.34. The molecule has 82 valence electrons. The second kappa shape index (κ2) is 4.99. The van der Waals surface area contributed by atoms with E-state index >= 15 is 0 Å². The summed E-state index contributed by atoms with van der Waals surface area (Å²) in [5.74, 6) is 0.737. The molecule has 0 bridgehead atoms. The maximum Gasteiger partial charge on any atom is 0.225 e. The van der Waals surface area contributed by atoms with Gasteiger partial charge in [-0.2, -0.15) is 0 Å². The minimum Gasteiger partial charge on any atom is -0.341 e. The summed E-state index contributed by atoms with van der Waals surface area (Å²) in [5.41, 5.74) is 0. The number of amides is 1. The summed E-state index contributed by atoms with van der Waals surface area (Å²) >= 11 is 0. The molecule has 0 aromatic heterocycles. The molecule has 1 aliphatic heterocycles. The zero-order chi connectivity index (χ0) is 9.26. The van der Waals surface area contributed by atoms with Gasteiger partial charge in [-0.25, -0.2) is 0 Å². The highest BCUT2D eigenvalue weighted by molar-refractivity contribution is 5.85. The van der Waals surface area contributed by atoms with Crippen molar-refractivity contribution < 1.29 is 4.79 Å². The number of carbonyl (C=O) groups excluding carboxylic acids is 1. The van der Waals surface area contributed by atoms with Crippen LogP contribution in [0.25, 0.3) is 0 Å². The van der Waals surface area contributed by atoms with Gasteiger partial charge >= 0.3 is 0 Å². The minimum atomic E-state index is 0. The van der Waals surface area contributed by atoms with Crippen molar-refractivity contribution >= 4 is 18.3 Å². The lowest BCUT2D eigenvalue weighted by Gasteiger charge is -2.31. The Labute approximate surface area is 91.6 Å². The van der Waals surface area contributed by atoms with Crippen molar-refractivity contribution in [3.05, 3.63) is 0 Å². The van der Waals surface area contributed by atoms with Crippen LogP contribution in [0.3, 0.4) is 0 Å². The Morgan fingerprint density at radius 1 is 1.36 bits per heavy atom. The van der Waals surface area contributed by atoms with Crippen LogP contribution < -0.4 is 5.32 Å². The van der Waals surface area contributed by atoms with E-state index < -0.39 is 0 Å². The van der Waals surface area contributed by atoms with Crippen LogP contribution in [0.1, 0.15) is 25.7 Å². The molecule has 1 heterocycles. The number of nitrogens with one attached hydrogen (secondary N) is 1. The molecule has 1 N–H and O–H groups in total. The smallest absolute Gasteiger partial charge is 0.225 e. The highest BCUT2D eigenvalue weighted by atomic mass is 35.5. The number of likely N-dealkylation sites (N-methyl/N-ethyl adjacent to an activating group) is 1. The maximum absolute atomic E-state index is 11.7. The molecule has 1 amide bonds. The van der Waals surface area contributed by atoms with Crippen molar-refractivity contribution in [2.75, 3.05) is 20.1 Å². The van der Waals surface area contributed by atoms with Gasteiger partial charge in [0.2, 0.25) is 5.91 Å². The Balaban J connectivity index is 0.000000980. The lowest BCUT2D eigenvalue weighted by atomic mass is 10.1. The lowest BCUT2D eigenvalue weighted by molar-refractivity contribution is -0.133. The van der Waals surface area contributed by atoms with Crippen molar-refractivity contribution in [3.63, 3.8) is 0 Å². The van der Waals surface area contributed by atoms with Gasteiger partial charge < -0.3 is 10.2 Å². The summed E-state index contributed by atoms with van der Waals surface area (Å²) < 4.78 is 0. The molecule has 0 aromatic rings. The zero-order valence-electron chi connectivity index (χ0n) is 8.66. The van der Waals surface area contributed by atoms with Crippen molar-refractivity contribution in [3.8, 4) is 0 Å². The molecule has 0 radical (unpaired) electrons. The summed E-state index contributed by atoms with van der Waals surface area (Å²) in [6, 6.07) is 0.446. The third kappa shape index (κ3) is 2.61. The second-order valence-corrected chi connectivity index (χ2v) is 4.22. The average molecular weight is 219 g/mol. The largest absolute Gasteiger partial charge is 0.341 e. The molecule has 0 spiro atoms. The lowest BCUT2D eigenvalue weighted by Crippen LogP contribution is -2.47. The zero-order valence-corrected chi connectivity index (χ0v) is 9.48. The van der Waals surface area contributed by atoms with Crippen LogP contribution in [0.4, 0.5) is 0 Å². The van der Waals surface area contributed by atoms with Gasteiger partial charge in [-0.15, -0.1) is 12.4 Å². The van der Waals surface area contributed by atoms with Crippen LogP contribution in [-0.4, -0.2) is 37.0 Å². The van der Waals surface area contributed by atoms with Gasteiger partial charge in [0, 0.05) is 25.6 Å². The number of piperidine rings is 1. The normalized spacial score (nSPS) is 26.5. The van der Waals surface area contributed by atoms with E-state index in [0.29, 0.717) is 17.9 Å². The molecule has 0 unspecified atom stereocenters. The van der Waals surface area contributed by atoms with E-state index in [-0.39, 0.29) is 12.4 Å². The third-order valence-corrected chi connectivity index (χ3v) is 3.09. The Morgan fingerprint density at radius 2 is 2.07 bits per heavy atom. The molecular formula is C10H19ClN2O. The van der Waals surface area contributed by atoms with Gasteiger partial charge in [0.15, 0.2) is 0 Å². The van der Waals surface area contributed by atoms with Crippen molar-refractivity contribution in [2.24, 2.45) is 5.92 Å². The summed E-state index contributed by atoms with van der Waals surface area (Å²) in [5, 5.41) is 3.34. The van der Waals surface area contributed by atoms with Gasteiger partial charge in [-0.1, -0.05) is 0 Å². The van der Waals surface area contributed by atoms with Crippen molar-refractivity contribution in [1.29, 1.82) is 0 Å². The first-order chi connectivity index (χ1) is 6.29. The predicted octanol–water partition coefficient (Wildman–Crippen LogP) is 1.03. The number of hydrogen-bond donors (Lipinski definition) is 1. The molecule has 14 heavy (non-hydrogen) atoms. The van der Waals surface area contributed by atoms with Gasteiger partial charge in [0.05, 0.1) is 0 Å². The molecule has 4 heteroatoms. The molecule has 1 saturated heterocycles. The predicted molar refractivity (Wildman–Crippen MR) is 58.6 cm³/mol. The summed E-state index contributed by atoms with van der Waals surface area (Å²) in [7, 11) is 1.96. The number of nitrogens with zero attached hydrogens (tertiary/aromatic N) is 1. The maximum atomic E-state index is 11.7. The van der Waals surface area contributed by atoms with Gasteiger partial charge in [-0.3, -0.25) is 4.79 Å². The Morgan fingerprint density at radius 3 is 2.57 bits per heavy atom. The Kier molecular flexibility index (Phi) is 4.20. The molecule has 0 aromatic carbocycles. The van der Waals surface area contributed by atoms with Crippen LogP contribution in [0, 0.1) is 5.92 Å². The first kappa shape index (κ1) is 11.8. The molecule has 1 atom stereocenters. The van der Waals surface area contributed by atoms with Gasteiger partial charge in [0.25, 0.3) is 0 Å². The fourth-order valence-electron chi connectivity index (χ4n) is 1.96. The SMILES string of the molecule is CN(C(=O)C1CC1)[C@@H]1CCCNC1.Cl. The quantitative estimate of drug-likeness (QED) is 0.751. The summed E-state index contributed by atoms with van der Waals surface area (Å²) in [6.45, 7) is 2.09. The number of carbonyl (C=O) groups is 1. The van der Waals surface area contributed by atoms with Gasteiger partial charge in [-0.05, 0) is 32.2 Å². The fourth-order valence-corrected chi connectivity index (χ4v) is 1.96. The monoisotopic (exact) mass is 218 g/mol. The summed E-state index contributed by atoms with van der Waals surface area (Å²) in [6.07, 6.45) is 4.60. The van der Waals surface area contributed by atoms with E-state index in [2.05, 4.69) is 5.32 Å². The molecular weight excluding hydrogens is 200 g/mol. The van der Waals surface area contributed by atoms with Crippen LogP contribution in [0.2, 0.25) is 0 Å². The topological polar surface area (TPSA) is 32.3 Å². The van der Waals surface area contributed by atoms with E-state index in [9.17, 15) is 4.79 Å². The van der Waals surface area contributed by atoms with Crippen LogP contribution >= 0.6 is 12.4 Å². The van der Waals surface area contributed by atoms with Crippen molar-refractivity contribution in [1.82, 2.24) is 10.2 Å². The Bertz CT molecular complexity index is 200. The number of rotatable bonds is 2. The molecule has 1 aliphatic carbocycles. The molecule has 2 rings (SSSR count). The highest BCUT2D eigenvalue weighted by Crippen LogP contribution is 2.31. The average Bonchev–Trinajstić information content (AvgIpc) is 3.00. The second-order valence-electron chi connectivity index (χ2n) is 4.22. The number of halogens is 1. The standard InChI is InChI=1S/C10H18N2O.ClH/c1-12(10(13)8-4-5-8)9-3-2-6-11-7-9;/h8-9,11H,2-7H2,1H3;1H/t9-;/m1./s1. The van der Waals surface area contributed by atoms with E-state index in [4.69, 9.17) is 0 Å². The van der Waals surface area contributed by atoms with E-state index in [1.807, 2.05) is 11.9 Å². The minimum absolute atomic E-state index is 0. The fraction of sp³-hybridized carbons (Fsp3) is 0.900. The van der Waals surface area contributed by atoms with E-state index in [0.717, 1.165) is 25.9 Å². The van der Waals surface area contributed by atoms with E-state index in [1.54, 1.807) is 0 Å². The van der Waals surface area contributed by atoms with Crippen LogP contribution in [0.15, 0.2) is 0 Å². The van der Waals surface area contributed by atoms with Gasteiger partial charge in [0.1, 0.15) is 0 Å². The first-order valence-corrected chi connectivity index (χ1v) is 5.26. The van der Waals surface area contributed by atoms with Crippen molar-refractivity contribution in [2.45, 2.75) is 31.7 Å². The molecule has 2 fully saturated rings. The Hall–Kier alpha value is -0.280. The van der Waals surface area contributed by atoms with E-state index in [1.165, 1.54) is 12.8 Å².